The fourth-order valence-electron chi connectivity index (χ4n) is 4.15. The number of hydrogen-bond donors (Lipinski definition) is 0. The molecule has 4 aromatic rings. The van der Waals surface area contributed by atoms with Gasteiger partial charge in [-0.2, -0.15) is 0 Å². The van der Waals surface area contributed by atoms with E-state index < -0.39 is 0 Å². The lowest BCUT2D eigenvalue weighted by Gasteiger charge is -2.10. The number of ether oxygens (including phenoxy) is 2. The zero-order valence-electron chi connectivity index (χ0n) is 18.2. The molecule has 166 valence electrons. The van der Waals surface area contributed by atoms with Crippen molar-refractivity contribution in [2.45, 2.75) is 27.0 Å². The van der Waals surface area contributed by atoms with Crippen LogP contribution in [-0.4, -0.2) is 10.4 Å². The molecule has 1 aromatic heterocycles. The summed E-state index contributed by atoms with van der Waals surface area (Å²) in [5, 5.41) is 2.07. The second-order valence-electron chi connectivity index (χ2n) is 7.98. The number of Topliss-reactive ketones (excluding diaryl/α,β-unsaturated/α-hetero) is 1. The number of fused-ring (bicyclic) bond motifs is 2. The maximum atomic E-state index is 13.1. The van der Waals surface area contributed by atoms with E-state index in [1.54, 1.807) is 18.2 Å². The predicted molar refractivity (Wildman–Crippen MR) is 133 cm³/mol. The first-order valence-corrected chi connectivity index (χ1v) is 11.4. The largest absolute Gasteiger partial charge is 0.489 e. The molecule has 0 radical (unpaired) electrons. The van der Waals surface area contributed by atoms with E-state index in [4.69, 9.17) is 32.7 Å². The van der Waals surface area contributed by atoms with Gasteiger partial charge in [-0.05, 0) is 55.3 Å². The van der Waals surface area contributed by atoms with Gasteiger partial charge in [0.25, 0.3) is 0 Å². The molecule has 0 atom stereocenters. The molecule has 4 nitrogen and oxygen atoms in total. The zero-order valence-corrected chi connectivity index (χ0v) is 19.7. The Morgan fingerprint density at radius 3 is 2.67 bits per heavy atom. The molecule has 1 aliphatic rings. The van der Waals surface area contributed by atoms with Crippen LogP contribution in [0.15, 0.2) is 66.6 Å². The van der Waals surface area contributed by atoms with Crippen molar-refractivity contribution in [3.05, 3.63) is 98.9 Å². The Kier molecular flexibility index (Phi) is 5.65. The minimum atomic E-state index is -0.119. The smallest absolute Gasteiger partial charge is 0.232 e. The summed E-state index contributed by atoms with van der Waals surface area (Å²) >= 11 is 12.1. The van der Waals surface area contributed by atoms with E-state index in [9.17, 15) is 4.79 Å². The van der Waals surface area contributed by atoms with E-state index in [-0.39, 0.29) is 5.78 Å². The number of allylic oxidation sites excluding steroid dienone is 1. The minimum Gasteiger partial charge on any atom is -0.489 e. The highest BCUT2D eigenvalue weighted by molar-refractivity contribution is 6.42. The van der Waals surface area contributed by atoms with E-state index in [1.165, 1.54) is 0 Å². The van der Waals surface area contributed by atoms with Gasteiger partial charge in [-0.1, -0.05) is 47.5 Å². The van der Waals surface area contributed by atoms with Crippen LogP contribution in [0, 0.1) is 6.92 Å². The highest BCUT2D eigenvalue weighted by Gasteiger charge is 2.30. The number of carbonyl (C=O) groups is 1. The molecule has 33 heavy (non-hydrogen) atoms. The van der Waals surface area contributed by atoms with Gasteiger partial charge in [0.05, 0.1) is 15.6 Å². The van der Waals surface area contributed by atoms with Crippen LogP contribution in [0.1, 0.15) is 34.0 Å². The lowest BCUT2D eigenvalue weighted by Crippen LogP contribution is -2.00. The lowest BCUT2D eigenvalue weighted by molar-refractivity contribution is 0.101. The van der Waals surface area contributed by atoms with Crippen LogP contribution in [0.3, 0.4) is 0 Å². The first kappa shape index (κ1) is 21.6. The molecule has 0 saturated carbocycles. The SMILES string of the molecule is CCn1cc(/C=C2\Oc3cc(OCc4ccc(Cl)c(Cl)c4)cc(C)c3C2=O)c2ccccc21. The Balaban J connectivity index is 1.43. The van der Waals surface area contributed by atoms with E-state index in [2.05, 4.69) is 29.8 Å². The molecule has 6 heteroatoms. The summed E-state index contributed by atoms with van der Waals surface area (Å²) in [5.74, 6) is 1.32. The molecule has 3 aromatic carbocycles. The molecular weight excluding hydrogens is 457 g/mol. The van der Waals surface area contributed by atoms with Crippen molar-refractivity contribution >= 4 is 46.0 Å². The lowest BCUT2D eigenvalue weighted by atomic mass is 10.0. The van der Waals surface area contributed by atoms with Gasteiger partial charge >= 0.3 is 0 Å². The van der Waals surface area contributed by atoms with E-state index in [1.807, 2.05) is 37.3 Å². The molecule has 0 bridgehead atoms. The number of halogens is 2. The Morgan fingerprint density at radius 2 is 1.88 bits per heavy atom. The number of para-hydroxylation sites is 1. The van der Waals surface area contributed by atoms with Crippen LogP contribution in [0.25, 0.3) is 17.0 Å². The van der Waals surface area contributed by atoms with Gasteiger partial charge < -0.3 is 14.0 Å². The van der Waals surface area contributed by atoms with Crippen molar-refractivity contribution in [1.82, 2.24) is 4.57 Å². The average molecular weight is 478 g/mol. The Bertz CT molecular complexity index is 1440. The molecular formula is C27H21Cl2NO3. The normalized spacial score (nSPS) is 14.1. The Morgan fingerprint density at radius 1 is 1.06 bits per heavy atom. The van der Waals surface area contributed by atoms with Gasteiger partial charge in [0, 0.05) is 35.3 Å². The summed E-state index contributed by atoms with van der Waals surface area (Å²) in [6, 6.07) is 17.1. The number of aryl methyl sites for hydroxylation is 2. The molecule has 0 fully saturated rings. The predicted octanol–water partition coefficient (Wildman–Crippen LogP) is 7.47. The van der Waals surface area contributed by atoms with Crippen LogP contribution in [0.4, 0.5) is 0 Å². The van der Waals surface area contributed by atoms with E-state index in [0.717, 1.165) is 34.1 Å². The molecule has 5 rings (SSSR count). The first-order chi connectivity index (χ1) is 15.9. The summed E-state index contributed by atoms with van der Waals surface area (Å²) in [5.41, 5.74) is 4.36. The molecule has 1 aliphatic heterocycles. The fourth-order valence-corrected chi connectivity index (χ4v) is 4.47. The third-order valence-electron chi connectivity index (χ3n) is 5.78. The van der Waals surface area contributed by atoms with Gasteiger partial charge in [-0.3, -0.25) is 4.79 Å². The summed E-state index contributed by atoms with van der Waals surface area (Å²) < 4.78 is 14.1. The van der Waals surface area contributed by atoms with Crippen molar-refractivity contribution in [2.75, 3.05) is 0 Å². The standard InChI is InChI=1S/C27H21Cl2NO3/c1-3-30-14-18(20-6-4-5-7-23(20)30)12-25-27(31)26-16(2)10-19(13-24(26)33-25)32-15-17-8-9-21(28)22(29)11-17/h4-14H,3,15H2,1-2H3/b25-12-. The number of benzene rings is 3. The molecule has 0 aliphatic carbocycles. The molecule has 0 unspecified atom stereocenters. The van der Waals surface area contributed by atoms with Crippen LogP contribution in [0.2, 0.25) is 10.0 Å². The van der Waals surface area contributed by atoms with E-state index >= 15 is 0 Å². The van der Waals surface area contributed by atoms with Crippen LogP contribution in [0.5, 0.6) is 11.5 Å². The van der Waals surface area contributed by atoms with Gasteiger partial charge in [-0.15, -0.1) is 0 Å². The second-order valence-corrected chi connectivity index (χ2v) is 8.79. The summed E-state index contributed by atoms with van der Waals surface area (Å²) in [6.07, 6.45) is 3.88. The molecule has 2 heterocycles. The van der Waals surface area contributed by atoms with Crippen molar-refractivity contribution in [3.8, 4) is 11.5 Å². The van der Waals surface area contributed by atoms with E-state index in [0.29, 0.717) is 39.5 Å². The summed E-state index contributed by atoms with van der Waals surface area (Å²) in [6.45, 7) is 5.15. The highest BCUT2D eigenvalue weighted by atomic mass is 35.5. The zero-order chi connectivity index (χ0) is 23.1. The van der Waals surface area contributed by atoms with Crippen LogP contribution >= 0.6 is 23.2 Å². The third-order valence-corrected chi connectivity index (χ3v) is 6.52. The van der Waals surface area contributed by atoms with Crippen molar-refractivity contribution in [1.29, 1.82) is 0 Å². The fraction of sp³-hybridized carbons (Fsp3) is 0.148. The molecule has 0 spiro atoms. The second kappa shape index (κ2) is 8.62. The molecule has 0 N–H and O–H groups in total. The summed E-state index contributed by atoms with van der Waals surface area (Å²) in [4.78, 5) is 13.1. The number of rotatable bonds is 5. The van der Waals surface area contributed by atoms with Gasteiger partial charge in [0.2, 0.25) is 5.78 Å². The maximum absolute atomic E-state index is 13.1. The van der Waals surface area contributed by atoms with Gasteiger partial charge in [0.15, 0.2) is 5.76 Å². The molecule has 0 saturated heterocycles. The number of carbonyl (C=O) groups excluding carboxylic acids is 1. The van der Waals surface area contributed by atoms with Crippen LogP contribution < -0.4 is 9.47 Å². The topological polar surface area (TPSA) is 40.5 Å². The van der Waals surface area contributed by atoms with Crippen molar-refractivity contribution < 1.29 is 14.3 Å². The Labute approximate surface area is 202 Å². The Hall–Kier alpha value is -3.21. The minimum absolute atomic E-state index is 0.119. The third kappa shape index (κ3) is 4.01. The van der Waals surface area contributed by atoms with Crippen LogP contribution in [-0.2, 0) is 13.2 Å². The van der Waals surface area contributed by atoms with Gasteiger partial charge in [-0.25, -0.2) is 0 Å². The maximum Gasteiger partial charge on any atom is 0.232 e. The van der Waals surface area contributed by atoms with Gasteiger partial charge in [0.1, 0.15) is 18.1 Å². The number of hydrogen-bond acceptors (Lipinski definition) is 3. The summed E-state index contributed by atoms with van der Waals surface area (Å²) in [7, 11) is 0. The monoisotopic (exact) mass is 477 g/mol. The van der Waals surface area contributed by atoms with Crippen molar-refractivity contribution in [3.63, 3.8) is 0 Å². The number of nitrogens with zero attached hydrogens (tertiary/aromatic N) is 1. The highest BCUT2D eigenvalue weighted by Crippen LogP contribution is 2.38. The average Bonchev–Trinajstić information content (AvgIpc) is 3.32. The molecule has 0 amide bonds. The number of ketones is 1. The quantitative estimate of drug-likeness (QED) is 0.280. The number of aromatic nitrogens is 1. The first-order valence-electron chi connectivity index (χ1n) is 10.7. The van der Waals surface area contributed by atoms with Crippen molar-refractivity contribution in [2.24, 2.45) is 0 Å².